The average molecular weight is 415 g/mol. The second-order valence-corrected chi connectivity index (χ2v) is 8.46. The number of rotatable bonds is 4. The fraction of sp³-hybridized carbons (Fsp3) is 0.364. The Morgan fingerprint density at radius 2 is 1.86 bits per heavy atom. The number of carbonyl (C=O) groups excluding carboxylic acids is 1. The molecule has 0 aliphatic carbocycles. The van der Waals surface area contributed by atoms with Gasteiger partial charge in [-0.05, 0) is 62.9 Å². The molecular formula is C22H26N2O4S. The van der Waals surface area contributed by atoms with Gasteiger partial charge in [0.25, 0.3) is 0 Å². The summed E-state index contributed by atoms with van der Waals surface area (Å²) in [7, 11) is 1.62. The number of nitrogens with zero attached hydrogens (tertiary/aromatic N) is 1. The number of aliphatic imine (C=N–C) groups is 1. The zero-order chi connectivity index (χ0) is 21.0. The Balaban J connectivity index is 1.78. The van der Waals surface area contributed by atoms with E-state index in [-0.39, 0.29) is 6.04 Å². The van der Waals surface area contributed by atoms with Crippen LogP contribution in [0.1, 0.15) is 26.3 Å². The van der Waals surface area contributed by atoms with Crippen LogP contribution in [-0.4, -0.2) is 36.1 Å². The highest BCUT2D eigenvalue weighted by atomic mass is 32.2. The van der Waals surface area contributed by atoms with E-state index in [1.807, 2.05) is 69.5 Å². The highest BCUT2D eigenvalue weighted by molar-refractivity contribution is 8.13. The first-order valence-corrected chi connectivity index (χ1v) is 10.6. The predicted molar refractivity (Wildman–Crippen MR) is 117 cm³/mol. The Labute approximate surface area is 175 Å². The predicted octanol–water partition coefficient (Wildman–Crippen LogP) is 5.33. The summed E-state index contributed by atoms with van der Waals surface area (Å²) in [6.45, 7) is 5.53. The molecule has 1 unspecified atom stereocenters. The normalized spacial score (nSPS) is 15.8. The lowest BCUT2D eigenvalue weighted by atomic mass is 10.0. The molecular weight excluding hydrogens is 388 g/mol. The quantitative estimate of drug-likeness (QED) is 0.732. The van der Waals surface area contributed by atoms with Gasteiger partial charge in [-0.15, -0.1) is 11.8 Å². The number of carbonyl (C=O) groups is 1. The maximum atomic E-state index is 12.2. The Hall–Kier alpha value is -2.67. The van der Waals surface area contributed by atoms with Gasteiger partial charge in [0.05, 0.1) is 23.9 Å². The number of hydrogen-bond donors (Lipinski definition) is 1. The number of nitrogens with one attached hydrogen (secondary N) is 1. The van der Waals surface area contributed by atoms with Crippen LogP contribution in [-0.2, 0) is 11.2 Å². The number of ether oxygens (including phenoxy) is 3. The van der Waals surface area contributed by atoms with Gasteiger partial charge in [-0.1, -0.05) is 6.07 Å². The first kappa shape index (κ1) is 21.0. The second kappa shape index (κ2) is 8.78. The molecule has 0 bridgehead atoms. The molecule has 7 heteroatoms. The lowest BCUT2D eigenvalue weighted by Gasteiger charge is -2.27. The Morgan fingerprint density at radius 1 is 1.14 bits per heavy atom. The van der Waals surface area contributed by atoms with Crippen molar-refractivity contribution in [3.8, 4) is 17.2 Å². The van der Waals surface area contributed by atoms with Gasteiger partial charge >= 0.3 is 6.09 Å². The molecule has 3 rings (SSSR count). The van der Waals surface area contributed by atoms with E-state index < -0.39 is 11.7 Å². The van der Waals surface area contributed by atoms with Crippen molar-refractivity contribution in [2.45, 2.75) is 38.8 Å². The molecule has 29 heavy (non-hydrogen) atoms. The lowest BCUT2D eigenvalue weighted by molar-refractivity contribution is 0.0518. The smallest absolute Gasteiger partial charge is 0.408 e. The van der Waals surface area contributed by atoms with Crippen LogP contribution in [0.3, 0.4) is 0 Å². The van der Waals surface area contributed by atoms with Crippen LogP contribution in [0.2, 0.25) is 0 Å². The fourth-order valence-corrected chi connectivity index (χ4v) is 3.57. The molecule has 1 atom stereocenters. The number of amides is 1. The maximum Gasteiger partial charge on any atom is 0.408 e. The number of alkyl carbamates (subject to hydrolysis) is 1. The summed E-state index contributed by atoms with van der Waals surface area (Å²) < 4.78 is 16.6. The minimum absolute atomic E-state index is 0.237. The van der Waals surface area contributed by atoms with Crippen molar-refractivity contribution in [1.82, 2.24) is 5.32 Å². The minimum Gasteiger partial charge on any atom is -0.497 e. The number of hydrogen-bond acceptors (Lipinski definition) is 6. The van der Waals surface area contributed by atoms with Crippen LogP contribution in [0.5, 0.6) is 17.2 Å². The van der Waals surface area contributed by atoms with Crippen molar-refractivity contribution in [2.75, 3.05) is 13.4 Å². The molecule has 0 saturated heterocycles. The second-order valence-electron chi connectivity index (χ2n) is 7.63. The summed E-state index contributed by atoms with van der Waals surface area (Å²) in [6.07, 6.45) is 2.12. The van der Waals surface area contributed by atoms with Crippen LogP contribution in [0.15, 0.2) is 47.5 Å². The summed E-state index contributed by atoms with van der Waals surface area (Å²) >= 11 is 1.52. The molecule has 6 nitrogen and oxygen atoms in total. The third kappa shape index (κ3) is 5.67. The third-order valence-electron chi connectivity index (χ3n) is 4.18. The van der Waals surface area contributed by atoms with E-state index in [1.165, 1.54) is 11.8 Å². The summed E-state index contributed by atoms with van der Waals surface area (Å²) in [5, 5.41) is 3.78. The van der Waals surface area contributed by atoms with Crippen LogP contribution in [0.25, 0.3) is 0 Å². The maximum absolute atomic E-state index is 12.2. The van der Waals surface area contributed by atoms with Gasteiger partial charge in [0.1, 0.15) is 22.8 Å². The molecule has 154 valence electrons. The zero-order valence-corrected chi connectivity index (χ0v) is 18.1. The van der Waals surface area contributed by atoms with Gasteiger partial charge in [0.2, 0.25) is 0 Å². The number of methoxy groups -OCH3 is 1. The van der Waals surface area contributed by atoms with E-state index in [1.54, 1.807) is 7.11 Å². The van der Waals surface area contributed by atoms with Crippen LogP contribution < -0.4 is 14.8 Å². The minimum atomic E-state index is -0.551. The molecule has 1 N–H and O–H groups in total. The highest BCUT2D eigenvalue weighted by Gasteiger charge is 2.27. The van der Waals surface area contributed by atoms with Gasteiger partial charge in [-0.3, -0.25) is 0 Å². The molecule has 2 aromatic rings. The zero-order valence-electron chi connectivity index (χ0n) is 17.3. The molecule has 0 saturated carbocycles. The summed E-state index contributed by atoms with van der Waals surface area (Å²) in [5.74, 6) is 2.13. The van der Waals surface area contributed by atoms with E-state index in [0.29, 0.717) is 17.9 Å². The highest BCUT2D eigenvalue weighted by Crippen LogP contribution is 2.34. The molecule has 2 aromatic carbocycles. The molecule has 0 fully saturated rings. The average Bonchev–Trinajstić information content (AvgIpc) is 2.66. The largest absolute Gasteiger partial charge is 0.497 e. The molecule has 0 aromatic heterocycles. The molecule has 1 amide bonds. The Kier molecular flexibility index (Phi) is 6.37. The van der Waals surface area contributed by atoms with Gasteiger partial charge in [-0.25, -0.2) is 9.79 Å². The van der Waals surface area contributed by atoms with Crippen molar-refractivity contribution in [2.24, 2.45) is 4.99 Å². The summed E-state index contributed by atoms with van der Waals surface area (Å²) in [5.41, 5.74) is 1.34. The number of benzene rings is 2. The monoisotopic (exact) mass is 414 g/mol. The standard InChI is InChI=1S/C22H26N2O4S/c1-22(2,3)28-21(25)24-19-12-14-11-17(9-10-18(14)23-20(19)29-5)27-16-8-6-7-15(13-16)26-4/h6-11,13,19H,12H2,1-5H3,(H,24,25). The van der Waals surface area contributed by atoms with E-state index in [2.05, 4.69) is 5.32 Å². The van der Waals surface area contributed by atoms with Crippen LogP contribution in [0, 0.1) is 0 Å². The SMILES string of the molecule is COc1cccc(Oc2ccc3c(c2)CC(NC(=O)OC(C)(C)C)C(SC)=N3)c1. The van der Waals surface area contributed by atoms with Crippen molar-refractivity contribution >= 4 is 28.6 Å². The lowest BCUT2D eigenvalue weighted by Crippen LogP contribution is -2.44. The molecule has 1 aliphatic rings. The Bertz CT molecular complexity index is 921. The first-order chi connectivity index (χ1) is 13.8. The van der Waals surface area contributed by atoms with Crippen LogP contribution in [0.4, 0.5) is 10.5 Å². The molecule has 0 spiro atoms. The first-order valence-electron chi connectivity index (χ1n) is 9.34. The van der Waals surface area contributed by atoms with Crippen molar-refractivity contribution in [3.63, 3.8) is 0 Å². The van der Waals surface area contributed by atoms with Gasteiger partial charge < -0.3 is 19.5 Å². The van der Waals surface area contributed by atoms with E-state index in [4.69, 9.17) is 19.2 Å². The van der Waals surface area contributed by atoms with E-state index >= 15 is 0 Å². The van der Waals surface area contributed by atoms with Crippen LogP contribution >= 0.6 is 11.8 Å². The van der Waals surface area contributed by atoms with Crippen molar-refractivity contribution in [3.05, 3.63) is 48.0 Å². The molecule has 0 radical (unpaired) electrons. The number of thioether (sulfide) groups is 1. The summed E-state index contributed by atoms with van der Waals surface area (Å²) in [4.78, 5) is 16.9. The summed E-state index contributed by atoms with van der Waals surface area (Å²) in [6, 6.07) is 13.0. The molecule has 1 aliphatic heterocycles. The van der Waals surface area contributed by atoms with Gasteiger partial charge in [-0.2, -0.15) is 0 Å². The van der Waals surface area contributed by atoms with E-state index in [0.717, 1.165) is 22.0 Å². The number of fused-ring (bicyclic) bond motifs is 1. The van der Waals surface area contributed by atoms with Crippen molar-refractivity contribution < 1.29 is 19.0 Å². The van der Waals surface area contributed by atoms with Crippen molar-refractivity contribution in [1.29, 1.82) is 0 Å². The third-order valence-corrected chi connectivity index (χ3v) is 4.97. The van der Waals surface area contributed by atoms with Gasteiger partial charge in [0.15, 0.2) is 0 Å². The fourth-order valence-electron chi connectivity index (χ4n) is 2.95. The van der Waals surface area contributed by atoms with E-state index in [9.17, 15) is 4.79 Å². The van der Waals surface area contributed by atoms with Gasteiger partial charge in [0, 0.05) is 12.5 Å². The molecule has 1 heterocycles. The topological polar surface area (TPSA) is 69.2 Å². The Morgan fingerprint density at radius 3 is 2.55 bits per heavy atom.